The van der Waals surface area contributed by atoms with Crippen LogP contribution in [0.5, 0.6) is 0 Å². The second-order valence-corrected chi connectivity index (χ2v) is 4.60. The lowest BCUT2D eigenvalue weighted by Gasteiger charge is -2.14. The Morgan fingerprint density at radius 1 is 1.56 bits per heavy atom. The number of carbonyl (C=O) groups is 1. The van der Waals surface area contributed by atoms with Gasteiger partial charge in [-0.05, 0) is 25.8 Å². The molecular weight excluding hydrogens is 258 g/mol. The smallest absolute Gasteiger partial charge is 0.316 e. The van der Waals surface area contributed by atoms with Crippen LogP contribution >= 0.6 is 11.6 Å². The summed E-state index contributed by atoms with van der Waals surface area (Å²) in [5.41, 5.74) is -0.702. The molecule has 0 atom stereocenters. The highest BCUT2D eigenvalue weighted by Gasteiger charge is 2.56. The minimum Gasteiger partial charge on any atom is -0.465 e. The summed E-state index contributed by atoms with van der Waals surface area (Å²) in [6.45, 7) is 1.97. The largest absolute Gasteiger partial charge is 0.465 e. The van der Waals surface area contributed by atoms with Gasteiger partial charge in [-0.3, -0.25) is 14.9 Å². The monoisotopic (exact) mass is 269 g/mol. The molecule has 1 aliphatic carbocycles. The number of rotatable bonds is 4. The minimum absolute atomic E-state index is 0.0491. The van der Waals surface area contributed by atoms with Gasteiger partial charge in [-0.25, -0.2) is 0 Å². The molecule has 1 aliphatic rings. The number of nitro groups is 1. The first-order valence-electron chi connectivity index (χ1n) is 5.63. The van der Waals surface area contributed by atoms with Gasteiger partial charge in [0, 0.05) is 5.56 Å². The molecule has 1 fully saturated rings. The van der Waals surface area contributed by atoms with Gasteiger partial charge in [0.1, 0.15) is 5.02 Å². The van der Waals surface area contributed by atoms with Crippen LogP contribution in [-0.4, -0.2) is 17.5 Å². The summed E-state index contributed by atoms with van der Waals surface area (Å²) >= 11 is 5.85. The predicted molar refractivity (Wildman–Crippen MR) is 65.7 cm³/mol. The highest BCUT2D eigenvalue weighted by atomic mass is 35.5. The first-order chi connectivity index (χ1) is 8.53. The molecule has 0 spiro atoms. The quantitative estimate of drug-likeness (QED) is 0.479. The summed E-state index contributed by atoms with van der Waals surface area (Å²) in [5, 5.41) is 11.1. The maximum atomic E-state index is 11.9. The van der Waals surface area contributed by atoms with Gasteiger partial charge >= 0.3 is 5.97 Å². The summed E-state index contributed by atoms with van der Waals surface area (Å²) in [5.74, 6) is -0.407. The first-order valence-corrected chi connectivity index (χ1v) is 6.01. The maximum absolute atomic E-state index is 11.9. The van der Waals surface area contributed by atoms with E-state index in [0.717, 1.165) is 0 Å². The number of benzene rings is 1. The lowest BCUT2D eigenvalue weighted by Crippen LogP contribution is -2.24. The third-order valence-electron chi connectivity index (χ3n) is 3.10. The molecule has 5 nitrogen and oxygen atoms in total. The zero-order valence-electron chi connectivity index (χ0n) is 9.81. The van der Waals surface area contributed by atoms with Crippen LogP contribution in [0.2, 0.25) is 5.02 Å². The van der Waals surface area contributed by atoms with Gasteiger partial charge < -0.3 is 4.74 Å². The second kappa shape index (κ2) is 4.57. The molecule has 1 aromatic carbocycles. The third kappa shape index (κ3) is 1.95. The van der Waals surface area contributed by atoms with Crippen molar-refractivity contribution in [2.75, 3.05) is 6.61 Å². The average molecular weight is 270 g/mol. The summed E-state index contributed by atoms with van der Waals surface area (Å²) in [7, 11) is 0. The van der Waals surface area contributed by atoms with Gasteiger partial charge in [0.15, 0.2) is 0 Å². The van der Waals surface area contributed by atoms with Crippen LogP contribution in [0, 0.1) is 10.1 Å². The fourth-order valence-electron chi connectivity index (χ4n) is 2.06. The van der Waals surface area contributed by atoms with Gasteiger partial charge in [-0.15, -0.1) is 0 Å². The molecule has 2 rings (SSSR count). The summed E-state index contributed by atoms with van der Waals surface area (Å²) in [6.07, 6.45) is 1.13. The van der Waals surface area contributed by atoms with E-state index in [1.165, 1.54) is 6.07 Å². The van der Waals surface area contributed by atoms with E-state index in [4.69, 9.17) is 16.3 Å². The lowest BCUT2D eigenvalue weighted by atomic mass is 9.94. The Balaban J connectivity index is 2.49. The molecule has 1 aromatic rings. The standard InChI is InChI=1S/C12H12ClNO4/c1-2-18-11(15)12(6-7-12)8-4-3-5-9(13)10(8)14(16)17/h3-5H,2,6-7H2,1H3. The fraction of sp³-hybridized carbons (Fsp3) is 0.417. The highest BCUT2D eigenvalue weighted by Crippen LogP contribution is 2.53. The van der Waals surface area contributed by atoms with Crippen molar-refractivity contribution in [1.82, 2.24) is 0 Å². The van der Waals surface area contributed by atoms with Crippen molar-refractivity contribution in [1.29, 1.82) is 0 Å². The SMILES string of the molecule is CCOC(=O)C1(c2cccc(Cl)c2[N+](=O)[O-])CC1. The van der Waals surface area contributed by atoms with Crippen LogP contribution in [-0.2, 0) is 14.9 Å². The maximum Gasteiger partial charge on any atom is 0.316 e. The third-order valence-corrected chi connectivity index (χ3v) is 3.41. The molecule has 6 heteroatoms. The van der Waals surface area contributed by atoms with Gasteiger partial charge in [0.25, 0.3) is 5.69 Å². The van der Waals surface area contributed by atoms with Crippen LogP contribution < -0.4 is 0 Å². The van der Waals surface area contributed by atoms with Crippen LogP contribution in [0.1, 0.15) is 25.3 Å². The Morgan fingerprint density at radius 2 is 2.22 bits per heavy atom. The molecule has 0 bridgehead atoms. The molecule has 0 radical (unpaired) electrons. The number of nitro benzene ring substituents is 1. The number of ether oxygens (including phenoxy) is 1. The zero-order valence-corrected chi connectivity index (χ0v) is 10.6. The van der Waals surface area contributed by atoms with E-state index in [2.05, 4.69) is 0 Å². The summed E-state index contributed by atoms with van der Waals surface area (Å²) in [4.78, 5) is 22.4. The van der Waals surface area contributed by atoms with Crippen LogP contribution in [0.3, 0.4) is 0 Å². The van der Waals surface area contributed by atoms with Gasteiger partial charge in [-0.1, -0.05) is 23.7 Å². The van der Waals surface area contributed by atoms with Crippen molar-refractivity contribution in [3.05, 3.63) is 38.9 Å². The lowest BCUT2D eigenvalue weighted by molar-refractivity contribution is -0.385. The van der Waals surface area contributed by atoms with Crippen LogP contribution in [0.25, 0.3) is 0 Å². The number of para-hydroxylation sites is 1. The zero-order chi connectivity index (χ0) is 13.3. The average Bonchev–Trinajstić information content (AvgIpc) is 3.09. The summed E-state index contributed by atoms with van der Waals surface area (Å²) < 4.78 is 4.99. The predicted octanol–water partition coefficient (Wildman–Crippen LogP) is 2.84. The number of carbonyl (C=O) groups excluding carboxylic acids is 1. The van der Waals surface area contributed by atoms with Gasteiger partial charge in [0.05, 0.1) is 16.9 Å². The van der Waals surface area contributed by atoms with E-state index in [0.29, 0.717) is 18.4 Å². The molecule has 0 saturated heterocycles. The van der Waals surface area contributed by atoms with Crippen molar-refractivity contribution in [3.63, 3.8) is 0 Å². The van der Waals surface area contributed by atoms with Crippen LogP contribution in [0.15, 0.2) is 18.2 Å². The molecule has 0 amide bonds. The Morgan fingerprint density at radius 3 is 2.72 bits per heavy atom. The summed E-state index contributed by atoms with van der Waals surface area (Å²) in [6, 6.07) is 4.64. The molecular formula is C12H12ClNO4. The number of halogens is 1. The molecule has 1 saturated carbocycles. The topological polar surface area (TPSA) is 69.4 Å². The molecule has 18 heavy (non-hydrogen) atoms. The van der Waals surface area contributed by atoms with E-state index >= 15 is 0 Å². The molecule has 0 unspecified atom stereocenters. The van der Waals surface area contributed by atoms with Crippen LogP contribution in [0.4, 0.5) is 5.69 Å². The van der Waals surface area contributed by atoms with E-state index in [1.807, 2.05) is 0 Å². The van der Waals surface area contributed by atoms with E-state index in [-0.39, 0.29) is 17.3 Å². The second-order valence-electron chi connectivity index (χ2n) is 4.20. The highest BCUT2D eigenvalue weighted by molar-refractivity contribution is 6.32. The number of nitrogens with zero attached hydrogens (tertiary/aromatic N) is 1. The molecule has 0 heterocycles. The van der Waals surface area contributed by atoms with Crippen molar-refractivity contribution < 1.29 is 14.5 Å². The van der Waals surface area contributed by atoms with Gasteiger partial charge in [0.2, 0.25) is 0 Å². The van der Waals surface area contributed by atoms with Gasteiger partial charge in [-0.2, -0.15) is 0 Å². The normalized spacial score (nSPS) is 16.1. The molecule has 0 N–H and O–H groups in total. The molecule has 96 valence electrons. The van der Waals surface area contributed by atoms with Crippen molar-refractivity contribution in [2.24, 2.45) is 0 Å². The molecule has 0 aromatic heterocycles. The Hall–Kier alpha value is -1.62. The van der Waals surface area contributed by atoms with Crippen molar-refractivity contribution >= 4 is 23.3 Å². The Bertz CT molecular complexity index is 511. The fourth-order valence-corrected chi connectivity index (χ4v) is 2.31. The number of esters is 1. The molecule has 0 aliphatic heterocycles. The van der Waals surface area contributed by atoms with E-state index < -0.39 is 16.3 Å². The minimum atomic E-state index is -0.872. The van der Waals surface area contributed by atoms with E-state index in [1.54, 1.807) is 19.1 Å². The Kier molecular flexibility index (Phi) is 3.26. The number of hydrogen-bond acceptors (Lipinski definition) is 4. The number of hydrogen-bond donors (Lipinski definition) is 0. The first kappa shape index (κ1) is 12.8. The van der Waals surface area contributed by atoms with Crippen molar-refractivity contribution in [2.45, 2.75) is 25.2 Å². The van der Waals surface area contributed by atoms with Crippen molar-refractivity contribution in [3.8, 4) is 0 Å². The van der Waals surface area contributed by atoms with E-state index in [9.17, 15) is 14.9 Å². The Labute approximate surface area is 109 Å².